The Hall–Kier alpha value is -2.82. The minimum atomic E-state index is -0.226. The maximum absolute atomic E-state index is 12.6. The molecular formula is C21H26N2O3. The fourth-order valence-electron chi connectivity index (χ4n) is 2.71. The van der Waals surface area contributed by atoms with Crippen LogP contribution in [-0.2, 0) is 0 Å². The van der Waals surface area contributed by atoms with Crippen molar-refractivity contribution in [3.05, 3.63) is 59.7 Å². The number of rotatable bonds is 8. The van der Waals surface area contributed by atoms with Gasteiger partial charge in [-0.3, -0.25) is 9.59 Å². The first-order valence-corrected chi connectivity index (χ1v) is 8.93. The zero-order valence-electron chi connectivity index (χ0n) is 15.6. The van der Waals surface area contributed by atoms with Gasteiger partial charge in [-0.05, 0) is 49.2 Å². The van der Waals surface area contributed by atoms with Crippen LogP contribution >= 0.6 is 0 Å². The summed E-state index contributed by atoms with van der Waals surface area (Å²) in [7, 11) is 1.58. The molecule has 0 aromatic heterocycles. The van der Waals surface area contributed by atoms with Crippen LogP contribution in [-0.4, -0.2) is 36.9 Å². The number of carbonyl (C=O) groups excluding carboxylic acids is 2. The number of benzene rings is 2. The zero-order valence-corrected chi connectivity index (χ0v) is 15.6. The highest BCUT2D eigenvalue weighted by Gasteiger charge is 2.15. The first-order chi connectivity index (χ1) is 12.6. The maximum atomic E-state index is 12.6. The molecule has 1 N–H and O–H groups in total. The second-order valence-electron chi connectivity index (χ2n) is 6.06. The molecule has 2 aromatic rings. The van der Waals surface area contributed by atoms with E-state index in [1.54, 1.807) is 43.5 Å². The van der Waals surface area contributed by atoms with E-state index in [0.29, 0.717) is 22.6 Å². The van der Waals surface area contributed by atoms with Crippen molar-refractivity contribution in [2.45, 2.75) is 26.7 Å². The molecule has 0 heterocycles. The molecule has 2 amide bonds. The predicted molar refractivity (Wildman–Crippen MR) is 104 cm³/mol. The first-order valence-electron chi connectivity index (χ1n) is 8.93. The Bertz CT molecular complexity index is 735. The summed E-state index contributed by atoms with van der Waals surface area (Å²) in [6.07, 6.45) is 1.85. The van der Waals surface area contributed by atoms with Crippen LogP contribution in [0.2, 0.25) is 0 Å². The summed E-state index contributed by atoms with van der Waals surface area (Å²) in [4.78, 5) is 26.8. The van der Waals surface area contributed by atoms with Crippen molar-refractivity contribution >= 4 is 17.5 Å². The number of methoxy groups -OCH3 is 1. The largest absolute Gasteiger partial charge is 0.497 e. The molecule has 0 unspecified atom stereocenters. The lowest BCUT2D eigenvalue weighted by atomic mass is 10.1. The van der Waals surface area contributed by atoms with E-state index in [4.69, 9.17) is 4.74 Å². The molecule has 0 radical (unpaired) electrons. The molecule has 5 nitrogen and oxygen atoms in total. The number of carbonyl (C=O) groups is 2. The molecule has 0 aliphatic carbocycles. The van der Waals surface area contributed by atoms with Crippen molar-refractivity contribution < 1.29 is 14.3 Å². The fraction of sp³-hybridized carbons (Fsp3) is 0.333. The standard InChI is InChI=1S/C21H26N2O3/c1-4-13-23(14-5-2)21(25)17-11-9-16(10-12-17)20(24)22-18-7-6-8-19(15-18)26-3/h6-12,15H,4-5,13-14H2,1-3H3,(H,22,24). The SMILES string of the molecule is CCCN(CCC)C(=O)c1ccc(C(=O)Nc2cccc(OC)c2)cc1. The normalized spacial score (nSPS) is 10.3. The smallest absolute Gasteiger partial charge is 0.255 e. The molecule has 5 heteroatoms. The number of hydrogen-bond donors (Lipinski definition) is 1. The van der Waals surface area contributed by atoms with Gasteiger partial charge >= 0.3 is 0 Å². The molecule has 0 atom stereocenters. The van der Waals surface area contributed by atoms with Crippen LogP contribution in [0.1, 0.15) is 47.4 Å². The van der Waals surface area contributed by atoms with Gasteiger partial charge in [-0.1, -0.05) is 19.9 Å². The van der Waals surface area contributed by atoms with Gasteiger partial charge < -0.3 is 15.0 Å². The highest BCUT2D eigenvalue weighted by Crippen LogP contribution is 2.18. The highest BCUT2D eigenvalue weighted by atomic mass is 16.5. The van der Waals surface area contributed by atoms with Crippen molar-refractivity contribution in [2.75, 3.05) is 25.5 Å². The lowest BCUT2D eigenvalue weighted by Gasteiger charge is -2.21. The van der Waals surface area contributed by atoms with Gasteiger partial charge in [0, 0.05) is 36.0 Å². The lowest BCUT2D eigenvalue weighted by molar-refractivity contribution is 0.0755. The number of hydrogen-bond acceptors (Lipinski definition) is 3. The Labute approximate surface area is 155 Å². The summed E-state index contributed by atoms with van der Waals surface area (Å²) in [5.41, 5.74) is 1.76. The van der Waals surface area contributed by atoms with Gasteiger partial charge in [0.15, 0.2) is 0 Å². The lowest BCUT2D eigenvalue weighted by Crippen LogP contribution is -2.32. The van der Waals surface area contributed by atoms with Gasteiger partial charge in [-0.25, -0.2) is 0 Å². The predicted octanol–water partition coefficient (Wildman–Crippen LogP) is 4.21. The second-order valence-corrected chi connectivity index (χ2v) is 6.06. The molecule has 0 bridgehead atoms. The Morgan fingerprint density at radius 2 is 1.58 bits per heavy atom. The van der Waals surface area contributed by atoms with Gasteiger partial charge in [-0.15, -0.1) is 0 Å². The van der Waals surface area contributed by atoms with Gasteiger partial charge in [0.25, 0.3) is 11.8 Å². The molecule has 0 saturated carbocycles. The third kappa shape index (κ3) is 5.09. The summed E-state index contributed by atoms with van der Waals surface area (Å²) in [6, 6.07) is 14.0. The van der Waals surface area contributed by atoms with Crippen LogP contribution in [0.25, 0.3) is 0 Å². The van der Waals surface area contributed by atoms with Crippen LogP contribution in [0.5, 0.6) is 5.75 Å². The molecule has 2 aromatic carbocycles. The van der Waals surface area contributed by atoms with Gasteiger partial charge in [0.05, 0.1) is 7.11 Å². The number of ether oxygens (including phenoxy) is 1. The van der Waals surface area contributed by atoms with Crippen LogP contribution in [0, 0.1) is 0 Å². The van der Waals surface area contributed by atoms with E-state index in [0.717, 1.165) is 25.9 Å². The zero-order chi connectivity index (χ0) is 18.9. The van der Waals surface area contributed by atoms with E-state index in [9.17, 15) is 9.59 Å². The van der Waals surface area contributed by atoms with Gasteiger partial charge in [0.1, 0.15) is 5.75 Å². The molecule has 0 fully saturated rings. The molecular weight excluding hydrogens is 328 g/mol. The maximum Gasteiger partial charge on any atom is 0.255 e. The summed E-state index contributed by atoms with van der Waals surface area (Å²) < 4.78 is 5.15. The van der Waals surface area contributed by atoms with Crippen molar-refractivity contribution in [3.63, 3.8) is 0 Å². The fourth-order valence-corrected chi connectivity index (χ4v) is 2.71. The number of nitrogens with zero attached hydrogens (tertiary/aromatic N) is 1. The van der Waals surface area contributed by atoms with E-state index in [2.05, 4.69) is 19.2 Å². The summed E-state index contributed by atoms with van der Waals surface area (Å²) in [5, 5.41) is 2.83. The van der Waals surface area contributed by atoms with Gasteiger partial charge in [-0.2, -0.15) is 0 Å². The summed E-state index contributed by atoms with van der Waals surface area (Å²) >= 11 is 0. The molecule has 138 valence electrons. The third-order valence-electron chi connectivity index (χ3n) is 4.00. The second kappa shape index (κ2) is 9.61. The first kappa shape index (κ1) is 19.5. The molecule has 0 spiro atoms. The molecule has 26 heavy (non-hydrogen) atoms. The molecule has 0 saturated heterocycles. The Morgan fingerprint density at radius 1 is 0.962 bits per heavy atom. The van der Waals surface area contributed by atoms with E-state index < -0.39 is 0 Å². The van der Waals surface area contributed by atoms with Crippen LogP contribution in [0.15, 0.2) is 48.5 Å². The quantitative estimate of drug-likeness (QED) is 0.772. The van der Waals surface area contributed by atoms with E-state index in [-0.39, 0.29) is 11.8 Å². The topological polar surface area (TPSA) is 58.6 Å². The van der Waals surface area contributed by atoms with E-state index >= 15 is 0 Å². The monoisotopic (exact) mass is 354 g/mol. The minimum Gasteiger partial charge on any atom is -0.497 e. The van der Waals surface area contributed by atoms with E-state index in [1.807, 2.05) is 17.0 Å². The molecule has 2 rings (SSSR count). The van der Waals surface area contributed by atoms with Crippen LogP contribution in [0.4, 0.5) is 5.69 Å². The van der Waals surface area contributed by atoms with E-state index in [1.165, 1.54) is 0 Å². The average molecular weight is 354 g/mol. The summed E-state index contributed by atoms with van der Waals surface area (Å²) in [6.45, 7) is 5.60. The summed E-state index contributed by atoms with van der Waals surface area (Å²) in [5.74, 6) is 0.459. The Kier molecular flexibility index (Phi) is 7.21. The Balaban J connectivity index is 2.07. The Morgan fingerprint density at radius 3 is 2.15 bits per heavy atom. The molecule has 0 aliphatic heterocycles. The third-order valence-corrected chi connectivity index (χ3v) is 4.00. The van der Waals surface area contributed by atoms with Crippen LogP contribution < -0.4 is 10.1 Å². The average Bonchev–Trinajstić information content (AvgIpc) is 2.67. The van der Waals surface area contributed by atoms with Crippen LogP contribution in [0.3, 0.4) is 0 Å². The minimum absolute atomic E-state index is 0.00783. The highest BCUT2D eigenvalue weighted by molar-refractivity contribution is 6.05. The number of anilines is 1. The van der Waals surface area contributed by atoms with Crippen molar-refractivity contribution in [1.82, 2.24) is 4.90 Å². The number of nitrogens with one attached hydrogen (secondary N) is 1. The van der Waals surface area contributed by atoms with Crippen molar-refractivity contribution in [2.24, 2.45) is 0 Å². The molecule has 0 aliphatic rings. The number of amides is 2. The van der Waals surface area contributed by atoms with Crippen molar-refractivity contribution in [3.8, 4) is 5.75 Å². The van der Waals surface area contributed by atoms with Gasteiger partial charge in [0.2, 0.25) is 0 Å². The van der Waals surface area contributed by atoms with Crippen molar-refractivity contribution in [1.29, 1.82) is 0 Å².